The third-order valence-electron chi connectivity index (χ3n) is 6.45. The summed E-state index contributed by atoms with van der Waals surface area (Å²) in [4.78, 5) is 35.2. The number of H-pyrrole nitrogens is 1. The van der Waals surface area contributed by atoms with Crippen LogP contribution in [0.5, 0.6) is 0 Å². The second kappa shape index (κ2) is 9.17. The summed E-state index contributed by atoms with van der Waals surface area (Å²) >= 11 is 0. The van der Waals surface area contributed by atoms with E-state index in [0.717, 1.165) is 18.5 Å². The first-order chi connectivity index (χ1) is 15.6. The molecule has 4 rings (SSSR count). The number of aromatic amines is 1. The van der Waals surface area contributed by atoms with E-state index >= 15 is 0 Å². The molecule has 2 N–H and O–H groups in total. The van der Waals surface area contributed by atoms with E-state index in [9.17, 15) is 22.8 Å². The van der Waals surface area contributed by atoms with Gasteiger partial charge in [0.25, 0.3) is 0 Å². The number of anilines is 2. The standard InChI is InChI=1S/C23H28F3N5O2/c1-14-12-27-19(28-22(33)15-6-8-30(2)13-15)11-17(14)16-9-20(29-21(32)10-16)31-7-4-3-5-18(31)23(24,25)26/h9-12,15,18H,3-8,13H2,1-2H3,(H,29,32)(H,27,28,33)/t15-,18+/m0/s1. The van der Waals surface area contributed by atoms with Crippen LogP contribution in [-0.4, -0.2) is 59.7 Å². The van der Waals surface area contributed by atoms with Crippen LogP contribution >= 0.6 is 0 Å². The molecule has 0 spiro atoms. The maximum absolute atomic E-state index is 13.6. The Morgan fingerprint density at radius 1 is 1.18 bits per heavy atom. The van der Waals surface area contributed by atoms with Crippen LogP contribution in [0.1, 0.15) is 31.2 Å². The summed E-state index contributed by atoms with van der Waals surface area (Å²) in [5.41, 5.74) is 1.38. The Hall–Kier alpha value is -2.88. The number of aromatic nitrogens is 2. The highest BCUT2D eigenvalue weighted by molar-refractivity contribution is 5.92. The maximum Gasteiger partial charge on any atom is 0.408 e. The number of likely N-dealkylation sites (tertiary alicyclic amines) is 1. The van der Waals surface area contributed by atoms with Gasteiger partial charge in [-0.15, -0.1) is 0 Å². The summed E-state index contributed by atoms with van der Waals surface area (Å²) in [5, 5.41) is 2.84. The molecule has 178 valence electrons. The average Bonchev–Trinajstić information content (AvgIpc) is 3.20. The Morgan fingerprint density at radius 2 is 1.97 bits per heavy atom. The molecule has 0 saturated carbocycles. The molecule has 0 radical (unpaired) electrons. The number of carbonyl (C=O) groups is 1. The molecule has 2 fully saturated rings. The van der Waals surface area contributed by atoms with Crippen molar-refractivity contribution >= 4 is 17.5 Å². The van der Waals surface area contributed by atoms with E-state index in [2.05, 4.69) is 20.2 Å². The van der Waals surface area contributed by atoms with Crippen LogP contribution in [0.15, 0.2) is 29.2 Å². The number of piperidine rings is 1. The Labute approximate surface area is 190 Å². The summed E-state index contributed by atoms with van der Waals surface area (Å²) in [5.74, 6) is 0.263. The first-order valence-electron chi connectivity index (χ1n) is 11.2. The molecule has 2 aromatic heterocycles. The second-order valence-electron chi connectivity index (χ2n) is 8.99. The van der Waals surface area contributed by atoms with Crippen LogP contribution in [0.25, 0.3) is 11.1 Å². The number of rotatable bonds is 4. The third-order valence-corrected chi connectivity index (χ3v) is 6.45. The number of aryl methyl sites for hydroxylation is 1. The molecule has 2 saturated heterocycles. The molecule has 10 heteroatoms. The second-order valence-corrected chi connectivity index (χ2v) is 8.99. The number of amides is 1. The van der Waals surface area contributed by atoms with Gasteiger partial charge < -0.3 is 20.1 Å². The average molecular weight is 464 g/mol. The van der Waals surface area contributed by atoms with Crippen molar-refractivity contribution in [2.75, 3.05) is 36.9 Å². The minimum Gasteiger partial charge on any atom is -0.346 e. The van der Waals surface area contributed by atoms with Crippen LogP contribution in [0.3, 0.4) is 0 Å². The quantitative estimate of drug-likeness (QED) is 0.725. The highest BCUT2D eigenvalue weighted by Crippen LogP contribution is 2.35. The molecule has 0 aliphatic carbocycles. The monoisotopic (exact) mass is 463 g/mol. The zero-order chi connectivity index (χ0) is 23.8. The van der Waals surface area contributed by atoms with Gasteiger partial charge in [-0.2, -0.15) is 13.2 Å². The van der Waals surface area contributed by atoms with Gasteiger partial charge in [-0.3, -0.25) is 9.59 Å². The van der Waals surface area contributed by atoms with Crippen LogP contribution in [0.4, 0.5) is 24.8 Å². The predicted molar refractivity (Wildman–Crippen MR) is 120 cm³/mol. The van der Waals surface area contributed by atoms with Crippen LogP contribution in [-0.2, 0) is 4.79 Å². The van der Waals surface area contributed by atoms with Crippen molar-refractivity contribution in [1.29, 1.82) is 0 Å². The van der Waals surface area contributed by atoms with Crippen LogP contribution < -0.4 is 15.8 Å². The van der Waals surface area contributed by atoms with E-state index < -0.39 is 17.8 Å². The van der Waals surface area contributed by atoms with Gasteiger partial charge in [0.1, 0.15) is 17.7 Å². The van der Waals surface area contributed by atoms with Crippen molar-refractivity contribution in [2.24, 2.45) is 5.92 Å². The van der Waals surface area contributed by atoms with E-state index in [-0.39, 0.29) is 30.6 Å². The molecule has 2 atom stereocenters. The minimum absolute atomic E-state index is 0.00340. The van der Waals surface area contributed by atoms with Gasteiger partial charge in [0.15, 0.2) is 0 Å². The van der Waals surface area contributed by atoms with Gasteiger partial charge in [0.2, 0.25) is 11.5 Å². The molecule has 2 aliphatic heterocycles. The topological polar surface area (TPSA) is 81.3 Å². The summed E-state index contributed by atoms with van der Waals surface area (Å²) in [6, 6.07) is 2.97. The Kier molecular flexibility index (Phi) is 6.47. The van der Waals surface area contributed by atoms with Crippen molar-refractivity contribution in [2.45, 2.75) is 44.8 Å². The summed E-state index contributed by atoms with van der Waals surface area (Å²) in [7, 11) is 1.96. The fourth-order valence-corrected chi connectivity index (χ4v) is 4.68. The highest BCUT2D eigenvalue weighted by atomic mass is 19.4. The fourth-order valence-electron chi connectivity index (χ4n) is 4.68. The number of nitrogens with zero attached hydrogens (tertiary/aromatic N) is 3. The van der Waals surface area contributed by atoms with Crippen LogP contribution in [0, 0.1) is 12.8 Å². The Balaban J connectivity index is 1.64. The minimum atomic E-state index is -4.38. The Bertz CT molecular complexity index is 1080. The number of pyridine rings is 2. The Morgan fingerprint density at radius 3 is 2.67 bits per heavy atom. The molecular formula is C23H28F3N5O2. The van der Waals surface area contributed by atoms with Crippen molar-refractivity contribution in [3.8, 4) is 11.1 Å². The smallest absolute Gasteiger partial charge is 0.346 e. The maximum atomic E-state index is 13.6. The van der Waals surface area contributed by atoms with E-state index in [1.165, 1.54) is 11.0 Å². The van der Waals surface area contributed by atoms with Gasteiger partial charge in [-0.25, -0.2) is 4.98 Å². The molecule has 0 aromatic carbocycles. The van der Waals surface area contributed by atoms with Crippen molar-refractivity contribution in [3.05, 3.63) is 40.3 Å². The fraction of sp³-hybridized carbons (Fsp3) is 0.522. The number of nitrogens with one attached hydrogen (secondary N) is 2. The van der Waals surface area contributed by atoms with Gasteiger partial charge in [-0.1, -0.05) is 0 Å². The molecule has 33 heavy (non-hydrogen) atoms. The van der Waals surface area contributed by atoms with E-state index in [1.807, 2.05) is 7.05 Å². The zero-order valence-electron chi connectivity index (χ0n) is 18.7. The van der Waals surface area contributed by atoms with Gasteiger partial charge >= 0.3 is 6.18 Å². The molecule has 4 heterocycles. The first-order valence-corrected chi connectivity index (χ1v) is 11.2. The lowest BCUT2D eigenvalue weighted by Gasteiger charge is -2.38. The molecular weight excluding hydrogens is 435 g/mol. The van der Waals surface area contributed by atoms with Crippen molar-refractivity contribution in [1.82, 2.24) is 14.9 Å². The van der Waals surface area contributed by atoms with E-state index in [0.29, 0.717) is 36.3 Å². The molecule has 1 amide bonds. The number of hydrogen-bond donors (Lipinski definition) is 2. The summed E-state index contributed by atoms with van der Waals surface area (Å²) < 4.78 is 40.8. The number of alkyl halides is 3. The van der Waals surface area contributed by atoms with Crippen LogP contribution in [0.2, 0.25) is 0 Å². The SMILES string of the molecule is Cc1cnc(NC(=O)[C@H]2CCN(C)C2)cc1-c1cc(N2CCCC[C@@H]2C(F)(F)F)[nH]c(=O)c1. The van der Waals surface area contributed by atoms with Gasteiger partial charge in [-0.05, 0) is 75.0 Å². The molecule has 7 nitrogen and oxygen atoms in total. The first kappa shape index (κ1) is 23.3. The van der Waals surface area contributed by atoms with Gasteiger partial charge in [0.05, 0.1) is 5.92 Å². The highest BCUT2D eigenvalue weighted by Gasteiger charge is 2.45. The lowest BCUT2D eigenvalue weighted by atomic mass is 10.00. The molecule has 2 aromatic rings. The molecule has 2 aliphatic rings. The van der Waals surface area contributed by atoms with Gasteiger partial charge in [0, 0.05) is 25.4 Å². The van der Waals surface area contributed by atoms with Crippen molar-refractivity contribution in [3.63, 3.8) is 0 Å². The number of hydrogen-bond acceptors (Lipinski definition) is 5. The zero-order valence-corrected chi connectivity index (χ0v) is 18.7. The summed E-state index contributed by atoms with van der Waals surface area (Å²) in [6.45, 7) is 3.56. The van der Waals surface area contributed by atoms with Crippen molar-refractivity contribution < 1.29 is 18.0 Å². The largest absolute Gasteiger partial charge is 0.408 e. The molecule has 0 unspecified atom stereocenters. The van der Waals surface area contributed by atoms with E-state index in [4.69, 9.17) is 0 Å². The lowest BCUT2D eigenvalue weighted by molar-refractivity contribution is -0.152. The molecule has 0 bridgehead atoms. The lowest BCUT2D eigenvalue weighted by Crippen LogP contribution is -2.49. The normalized spacial score (nSPS) is 21.9. The summed E-state index contributed by atoms with van der Waals surface area (Å²) in [6.07, 6.45) is -0.906. The van der Waals surface area contributed by atoms with E-state index in [1.54, 1.807) is 25.3 Å². The third kappa shape index (κ3) is 5.21. The predicted octanol–water partition coefficient (Wildman–Crippen LogP) is 3.56. The number of halogens is 3. The number of carbonyl (C=O) groups excluding carboxylic acids is 1.